The molecule has 1 aromatic carbocycles. The van der Waals surface area contributed by atoms with E-state index in [-0.39, 0.29) is 5.82 Å². The molecule has 84 valence electrons. The Hall–Kier alpha value is -0.640. The van der Waals surface area contributed by atoms with Crippen LogP contribution in [0.15, 0.2) is 18.2 Å². The van der Waals surface area contributed by atoms with Crippen molar-refractivity contribution in [1.82, 2.24) is 0 Å². The summed E-state index contributed by atoms with van der Waals surface area (Å²) < 4.78 is 18.4. The van der Waals surface area contributed by atoms with Crippen molar-refractivity contribution in [1.29, 1.82) is 0 Å². The number of methoxy groups -OCH3 is 1. The summed E-state index contributed by atoms with van der Waals surface area (Å²) in [6.07, 6.45) is 0.396. The third-order valence-electron chi connectivity index (χ3n) is 2.08. The lowest BCUT2D eigenvalue weighted by atomic mass is 9.94. The number of nitrogens with two attached hydrogens (primary N) is 1. The topological polar surface area (TPSA) is 35.2 Å². The molecular formula is C11H15ClFNO. The second kappa shape index (κ2) is 4.92. The zero-order chi connectivity index (χ0) is 11.5. The Balaban J connectivity index is 2.83. The van der Waals surface area contributed by atoms with E-state index in [4.69, 9.17) is 22.1 Å². The molecule has 15 heavy (non-hydrogen) atoms. The van der Waals surface area contributed by atoms with Gasteiger partial charge in [0, 0.05) is 17.7 Å². The number of benzene rings is 1. The van der Waals surface area contributed by atoms with Crippen molar-refractivity contribution in [2.24, 2.45) is 5.73 Å². The van der Waals surface area contributed by atoms with Crippen molar-refractivity contribution < 1.29 is 9.13 Å². The highest BCUT2D eigenvalue weighted by Gasteiger charge is 2.20. The molecule has 1 rings (SSSR count). The molecule has 0 aliphatic rings. The number of hydrogen-bond donors (Lipinski definition) is 1. The molecule has 0 aromatic heterocycles. The SMILES string of the molecule is COCC(C)(N)Cc1cc(Cl)ccc1F. The van der Waals surface area contributed by atoms with Crippen LogP contribution in [0.4, 0.5) is 4.39 Å². The fourth-order valence-electron chi connectivity index (χ4n) is 1.49. The summed E-state index contributed by atoms with van der Waals surface area (Å²) in [6.45, 7) is 2.19. The summed E-state index contributed by atoms with van der Waals surface area (Å²) in [6, 6.07) is 4.46. The predicted octanol–water partition coefficient (Wildman–Crippen LogP) is 2.39. The molecule has 0 radical (unpaired) electrons. The monoisotopic (exact) mass is 231 g/mol. The van der Waals surface area contributed by atoms with Crippen molar-refractivity contribution in [3.63, 3.8) is 0 Å². The Bertz CT molecular complexity index is 341. The average molecular weight is 232 g/mol. The fraction of sp³-hybridized carbons (Fsp3) is 0.455. The molecule has 0 saturated carbocycles. The Morgan fingerprint density at radius 2 is 2.20 bits per heavy atom. The average Bonchev–Trinajstić information content (AvgIpc) is 2.10. The summed E-state index contributed by atoms with van der Waals surface area (Å²) in [4.78, 5) is 0. The quantitative estimate of drug-likeness (QED) is 0.864. The lowest BCUT2D eigenvalue weighted by Gasteiger charge is -2.23. The summed E-state index contributed by atoms with van der Waals surface area (Å²) in [7, 11) is 1.57. The lowest BCUT2D eigenvalue weighted by molar-refractivity contribution is 0.140. The molecular weight excluding hydrogens is 217 g/mol. The van der Waals surface area contributed by atoms with E-state index >= 15 is 0 Å². The fourth-order valence-corrected chi connectivity index (χ4v) is 1.69. The van der Waals surface area contributed by atoms with Gasteiger partial charge in [0.05, 0.1) is 6.61 Å². The normalized spacial score (nSPS) is 15.0. The van der Waals surface area contributed by atoms with Gasteiger partial charge in [-0.3, -0.25) is 0 Å². The number of rotatable bonds is 4. The Labute approximate surface area is 94.2 Å². The van der Waals surface area contributed by atoms with Crippen LogP contribution in [0.25, 0.3) is 0 Å². The van der Waals surface area contributed by atoms with Gasteiger partial charge in [0.15, 0.2) is 0 Å². The minimum atomic E-state index is -0.583. The van der Waals surface area contributed by atoms with Gasteiger partial charge in [0.25, 0.3) is 0 Å². The molecule has 0 amide bonds. The minimum absolute atomic E-state index is 0.285. The second-order valence-electron chi connectivity index (χ2n) is 4.00. The van der Waals surface area contributed by atoms with Gasteiger partial charge < -0.3 is 10.5 Å². The Morgan fingerprint density at radius 1 is 1.53 bits per heavy atom. The van der Waals surface area contributed by atoms with Crippen molar-refractivity contribution in [3.8, 4) is 0 Å². The first-order chi connectivity index (χ1) is 6.94. The molecule has 1 aromatic rings. The van der Waals surface area contributed by atoms with Gasteiger partial charge in [-0.1, -0.05) is 11.6 Å². The molecule has 0 saturated heterocycles. The van der Waals surface area contributed by atoms with E-state index in [9.17, 15) is 4.39 Å². The van der Waals surface area contributed by atoms with E-state index in [1.165, 1.54) is 12.1 Å². The largest absolute Gasteiger partial charge is 0.383 e. The van der Waals surface area contributed by atoms with Crippen molar-refractivity contribution in [2.45, 2.75) is 18.9 Å². The predicted molar refractivity (Wildman–Crippen MR) is 59.6 cm³/mol. The van der Waals surface area contributed by atoms with E-state index in [2.05, 4.69) is 0 Å². The summed E-state index contributed by atoms with van der Waals surface area (Å²) in [5, 5.41) is 0.514. The van der Waals surface area contributed by atoms with Crippen LogP contribution in [0.5, 0.6) is 0 Å². The molecule has 1 atom stereocenters. The summed E-state index contributed by atoms with van der Waals surface area (Å²) >= 11 is 5.78. The van der Waals surface area contributed by atoms with Gasteiger partial charge >= 0.3 is 0 Å². The molecule has 0 aliphatic heterocycles. The number of halogens is 2. The van der Waals surface area contributed by atoms with E-state index in [1.807, 2.05) is 6.92 Å². The highest BCUT2D eigenvalue weighted by atomic mass is 35.5. The Kier molecular flexibility index (Phi) is 4.08. The third kappa shape index (κ3) is 3.78. The van der Waals surface area contributed by atoms with E-state index in [1.54, 1.807) is 13.2 Å². The first-order valence-electron chi connectivity index (χ1n) is 4.66. The molecule has 0 spiro atoms. The van der Waals surface area contributed by atoms with Crippen LogP contribution in [0, 0.1) is 5.82 Å². The molecule has 0 aliphatic carbocycles. The van der Waals surface area contributed by atoms with Gasteiger partial charge in [-0.2, -0.15) is 0 Å². The molecule has 0 fully saturated rings. The number of hydrogen-bond acceptors (Lipinski definition) is 2. The molecule has 2 N–H and O–H groups in total. The van der Waals surface area contributed by atoms with Gasteiger partial charge in [-0.15, -0.1) is 0 Å². The maximum absolute atomic E-state index is 13.4. The van der Waals surface area contributed by atoms with Crippen LogP contribution >= 0.6 is 11.6 Å². The molecule has 1 unspecified atom stereocenters. The highest BCUT2D eigenvalue weighted by molar-refractivity contribution is 6.30. The first kappa shape index (κ1) is 12.4. The maximum Gasteiger partial charge on any atom is 0.126 e. The zero-order valence-corrected chi connectivity index (χ0v) is 9.64. The van der Waals surface area contributed by atoms with Gasteiger partial charge in [-0.25, -0.2) is 4.39 Å². The van der Waals surface area contributed by atoms with Crippen molar-refractivity contribution in [3.05, 3.63) is 34.6 Å². The van der Waals surface area contributed by atoms with Gasteiger partial charge in [-0.05, 0) is 37.1 Å². The minimum Gasteiger partial charge on any atom is -0.383 e. The summed E-state index contributed by atoms with van der Waals surface area (Å²) in [5.74, 6) is -0.285. The van der Waals surface area contributed by atoms with Crippen molar-refractivity contribution in [2.75, 3.05) is 13.7 Å². The maximum atomic E-state index is 13.4. The van der Waals surface area contributed by atoms with Crippen LogP contribution in [0.1, 0.15) is 12.5 Å². The standard InChI is InChI=1S/C11H15ClFNO/c1-11(14,7-15-2)6-8-5-9(12)3-4-10(8)13/h3-5H,6-7,14H2,1-2H3. The van der Waals surface area contributed by atoms with Crippen molar-refractivity contribution >= 4 is 11.6 Å². The zero-order valence-electron chi connectivity index (χ0n) is 8.89. The number of ether oxygens (including phenoxy) is 1. The molecule has 0 heterocycles. The smallest absolute Gasteiger partial charge is 0.126 e. The molecule has 4 heteroatoms. The van der Waals surface area contributed by atoms with Gasteiger partial charge in [0.2, 0.25) is 0 Å². The van der Waals surface area contributed by atoms with E-state index in [0.29, 0.717) is 23.6 Å². The highest BCUT2D eigenvalue weighted by Crippen LogP contribution is 2.19. The Morgan fingerprint density at radius 3 is 2.80 bits per heavy atom. The van der Waals surface area contributed by atoms with Crippen LogP contribution < -0.4 is 5.73 Å². The van der Waals surface area contributed by atoms with Crippen LogP contribution in [-0.4, -0.2) is 19.3 Å². The van der Waals surface area contributed by atoms with E-state index < -0.39 is 5.54 Å². The van der Waals surface area contributed by atoms with Crippen LogP contribution in [0.2, 0.25) is 5.02 Å². The lowest BCUT2D eigenvalue weighted by Crippen LogP contribution is -2.43. The second-order valence-corrected chi connectivity index (χ2v) is 4.44. The third-order valence-corrected chi connectivity index (χ3v) is 2.31. The molecule has 0 bridgehead atoms. The summed E-state index contributed by atoms with van der Waals surface area (Å²) in [5.41, 5.74) is 5.88. The van der Waals surface area contributed by atoms with Crippen LogP contribution in [-0.2, 0) is 11.2 Å². The first-order valence-corrected chi connectivity index (χ1v) is 5.04. The molecule has 2 nitrogen and oxygen atoms in total. The van der Waals surface area contributed by atoms with E-state index in [0.717, 1.165) is 0 Å². The van der Waals surface area contributed by atoms with Gasteiger partial charge in [0.1, 0.15) is 5.82 Å². The van der Waals surface area contributed by atoms with Crippen LogP contribution in [0.3, 0.4) is 0 Å².